The molecule has 0 bridgehead atoms. The van der Waals surface area contributed by atoms with Crippen LogP contribution in [0.15, 0.2) is 120 Å². The predicted molar refractivity (Wildman–Crippen MR) is 210 cm³/mol. The number of hydrogen-bond donors (Lipinski definition) is 0. The quantitative estimate of drug-likeness (QED) is 0.124. The fraction of sp³-hybridized carbons (Fsp3) is 0.244. The molecule has 7 aromatic rings. The summed E-state index contributed by atoms with van der Waals surface area (Å²) in [4.78, 5) is 9.21. The van der Waals surface area contributed by atoms with Gasteiger partial charge >= 0.3 is 0 Å². The molecule has 7 rings (SSSR count). The number of aromatic nitrogens is 2. The first-order chi connectivity index (χ1) is 23.4. The Morgan fingerprint density at radius 2 is 1.48 bits per heavy atom. The number of benzene rings is 4. The van der Waals surface area contributed by atoms with Crippen LogP contribution < -0.4 is 5.19 Å². The second-order valence-electron chi connectivity index (χ2n) is 15.4. The Labute approximate surface area is 312 Å². The van der Waals surface area contributed by atoms with Crippen molar-refractivity contribution in [1.82, 2.24) is 9.97 Å². The van der Waals surface area contributed by atoms with Gasteiger partial charge in [-0.15, -0.1) is 54.1 Å². The molecule has 4 aromatic carbocycles. The summed E-state index contributed by atoms with van der Waals surface area (Å²) in [7, 11) is -1.23. The number of nitrogens with zero attached hydrogens (tertiary/aromatic N) is 2. The molecule has 3 nitrogen and oxygen atoms in total. The predicted octanol–water partition coefficient (Wildman–Crippen LogP) is 11.9. The zero-order valence-corrected chi connectivity index (χ0v) is 33.8. The summed E-state index contributed by atoms with van der Waals surface area (Å²) in [5, 5.41) is 3.63. The van der Waals surface area contributed by atoms with Crippen molar-refractivity contribution in [1.29, 1.82) is 0 Å². The average molecular weight is 851 g/mol. The second-order valence-corrected chi connectivity index (χ2v) is 20.4. The van der Waals surface area contributed by atoms with E-state index < -0.39 is 8.07 Å². The molecule has 0 aliphatic heterocycles. The van der Waals surface area contributed by atoms with Gasteiger partial charge in [-0.25, -0.2) is 0 Å². The van der Waals surface area contributed by atoms with E-state index in [0.29, 0.717) is 5.92 Å². The van der Waals surface area contributed by atoms with Gasteiger partial charge in [0.1, 0.15) is 5.58 Å². The van der Waals surface area contributed by atoms with Crippen molar-refractivity contribution in [2.75, 3.05) is 0 Å². The van der Waals surface area contributed by atoms with E-state index in [1.807, 2.05) is 42.7 Å². The van der Waals surface area contributed by atoms with E-state index in [2.05, 4.69) is 144 Å². The zero-order valence-electron chi connectivity index (χ0n) is 30.4. The van der Waals surface area contributed by atoms with Gasteiger partial charge in [-0.3, -0.25) is 0 Å². The summed E-state index contributed by atoms with van der Waals surface area (Å²) in [6, 6.07) is 42.3. The molecule has 0 N–H and O–H groups in total. The molecule has 5 heteroatoms. The van der Waals surface area contributed by atoms with Crippen LogP contribution in [0.1, 0.15) is 51.7 Å². The van der Waals surface area contributed by atoms with Crippen molar-refractivity contribution in [2.45, 2.75) is 66.6 Å². The van der Waals surface area contributed by atoms with Crippen LogP contribution in [0.5, 0.6) is 0 Å². The normalized spacial score (nSPS) is 11.7. The molecule has 3 heterocycles. The van der Waals surface area contributed by atoms with Crippen molar-refractivity contribution in [3.8, 4) is 33.6 Å². The number of fused-ring (bicyclic) bond motifs is 3. The summed E-state index contributed by atoms with van der Waals surface area (Å²) >= 11 is 0. The van der Waals surface area contributed by atoms with Crippen molar-refractivity contribution in [2.24, 2.45) is 5.41 Å². The van der Waals surface area contributed by atoms with Crippen LogP contribution in [-0.4, -0.2) is 18.0 Å². The van der Waals surface area contributed by atoms with E-state index in [9.17, 15) is 0 Å². The Kier molecular flexibility index (Phi) is 11.4. The topological polar surface area (TPSA) is 38.9 Å². The summed E-state index contributed by atoms with van der Waals surface area (Å²) in [5.41, 5.74) is 10.8. The maximum atomic E-state index is 6.68. The Balaban J connectivity index is 0.000000241. The summed E-state index contributed by atoms with van der Waals surface area (Å²) in [5.74, 6) is 0.389. The van der Waals surface area contributed by atoms with E-state index in [-0.39, 0.29) is 25.5 Å². The van der Waals surface area contributed by atoms with Gasteiger partial charge in [0, 0.05) is 43.4 Å². The molecule has 0 atom stereocenters. The first-order valence-corrected chi connectivity index (χ1v) is 20.7. The Morgan fingerprint density at radius 3 is 2.12 bits per heavy atom. The molecule has 1 radical (unpaired) electrons. The van der Waals surface area contributed by atoms with Gasteiger partial charge in [0.25, 0.3) is 0 Å². The fourth-order valence-corrected chi connectivity index (χ4v) is 7.31. The third kappa shape index (κ3) is 8.41. The van der Waals surface area contributed by atoms with Gasteiger partial charge in [-0.05, 0) is 51.5 Å². The Morgan fingerprint density at radius 1 is 0.740 bits per heavy atom. The standard InChI is InChI=1S/C31H30NO.C14H16NSi.Ir/c1-20(2)23-14-15-25-24-12-9-13-26(27-18-21(16-17-32-27)19-31(3,4)5)29(24)33-30(25)28(23)22-10-7-6-8-11-22;1-16(2,3)13-9-10-14(15-11-13)12-7-5-4-6-8-12;/h6-12,14-18,20H,19H2,1-5H3;4-7,9-11H,1-3H3;/q2*-1;. The Hall–Kier alpha value is -4.15. The average Bonchev–Trinajstić information content (AvgIpc) is 3.47. The molecule has 0 spiro atoms. The fourth-order valence-electron chi connectivity index (χ4n) is 6.28. The van der Waals surface area contributed by atoms with E-state index in [1.54, 1.807) is 0 Å². The van der Waals surface area contributed by atoms with Crippen LogP contribution in [-0.2, 0) is 26.5 Å². The van der Waals surface area contributed by atoms with E-state index >= 15 is 0 Å². The van der Waals surface area contributed by atoms with Crippen molar-refractivity contribution < 1.29 is 24.5 Å². The third-order valence-corrected chi connectivity index (χ3v) is 10.8. The molecule has 0 saturated heterocycles. The maximum absolute atomic E-state index is 6.68. The molecule has 50 heavy (non-hydrogen) atoms. The SMILES string of the molecule is CC(C)c1ccc2c(oc3c(-c4cc(CC(C)(C)C)ccn4)[c-]ccc32)c1-c1ccccc1.C[Si](C)(C)c1ccc(-c2[c-]cccc2)nc1.[Ir]. The van der Waals surface area contributed by atoms with Gasteiger partial charge in [0.15, 0.2) is 0 Å². The van der Waals surface area contributed by atoms with E-state index in [0.717, 1.165) is 50.9 Å². The Bertz CT molecular complexity index is 2180. The van der Waals surface area contributed by atoms with Crippen molar-refractivity contribution in [3.05, 3.63) is 139 Å². The first-order valence-electron chi connectivity index (χ1n) is 17.2. The number of rotatable bonds is 6. The van der Waals surface area contributed by atoms with Crippen LogP contribution in [0.25, 0.3) is 55.6 Å². The van der Waals surface area contributed by atoms with Crippen LogP contribution in [0.2, 0.25) is 19.6 Å². The minimum atomic E-state index is -1.23. The summed E-state index contributed by atoms with van der Waals surface area (Å²) < 4.78 is 6.68. The van der Waals surface area contributed by atoms with Crippen molar-refractivity contribution >= 4 is 35.2 Å². The smallest absolute Gasteiger partial charge is 0.129 e. The van der Waals surface area contributed by atoms with Gasteiger partial charge < -0.3 is 14.4 Å². The molecule has 0 amide bonds. The molecule has 0 unspecified atom stereocenters. The monoisotopic (exact) mass is 851 g/mol. The number of furan rings is 1. The molecule has 0 aliphatic carbocycles. The maximum Gasteiger partial charge on any atom is 0.129 e. The van der Waals surface area contributed by atoms with Crippen LogP contribution in [0.4, 0.5) is 0 Å². The second kappa shape index (κ2) is 15.4. The molecule has 3 aromatic heterocycles. The third-order valence-electron chi connectivity index (χ3n) is 8.75. The van der Waals surface area contributed by atoms with Crippen LogP contribution >= 0.6 is 0 Å². The van der Waals surface area contributed by atoms with Gasteiger partial charge in [0.2, 0.25) is 0 Å². The molecule has 257 valence electrons. The molecular formula is C45H46IrN2OSi-2. The number of pyridine rings is 2. The van der Waals surface area contributed by atoms with Crippen LogP contribution in [0.3, 0.4) is 0 Å². The minimum absolute atomic E-state index is 0. The van der Waals surface area contributed by atoms with Crippen molar-refractivity contribution in [3.63, 3.8) is 0 Å². The van der Waals surface area contributed by atoms with Gasteiger partial charge in [-0.1, -0.05) is 131 Å². The summed E-state index contributed by atoms with van der Waals surface area (Å²) in [6.07, 6.45) is 4.91. The van der Waals surface area contributed by atoms with Gasteiger partial charge in [0.05, 0.1) is 13.7 Å². The van der Waals surface area contributed by atoms with Gasteiger partial charge in [-0.2, -0.15) is 0 Å². The molecule has 0 saturated carbocycles. The summed E-state index contributed by atoms with van der Waals surface area (Å²) in [6.45, 7) is 18.2. The number of hydrogen-bond acceptors (Lipinski definition) is 3. The molecule has 0 aliphatic rings. The minimum Gasteiger partial charge on any atom is -0.500 e. The largest absolute Gasteiger partial charge is 0.500 e. The zero-order chi connectivity index (χ0) is 34.8. The van der Waals surface area contributed by atoms with E-state index in [1.165, 1.54) is 27.4 Å². The molecular weight excluding hydrogens is 805 g/mol. The van der Waals surface area contributed by atoms with Crippen LogP contribution in [0, 0.1) is 17.5 Å². The first kappa shape index (κ1) is 37.1. The van der Waals surface area contributed by atoms with E-state index in [4.69, 9.17) is 9.40 Å². The molecule has 0 fully saturated rings.